The maximum Gasteiger partial charge on any atom is 0.409 e. The third-order valence-electron chi connectivity index (χ3n) is 4.47. The largest absolute Gasteiger partial charge is 0.465 e. The monoisotopic (exact) mass is 377 g/mol. The Kier molecular flexibility index (Phi) is 4.50. The van der Waals surface area contributed by atoms with Gasteiger partial charge in [-0.05, 0) is 41.5 Å². The Labute approximate surface area is 159 Å². The van der Waals surface area contributed by atoms with E-state index in [4.69, 9.17) is 5.11 Å². The number of benzene rings is 2. The maximum atomic E-state index is 14.0. The highest BCUT2D eigenvalue weighted by Gasteiger charge is 2.11. The summed E-state index contributed by atoms with van der Waals surface area (Å²) in [7, 11) is 0. The van der Waals surface area contributed by atoms with Crippen molar-refractivity contribution in [1.29, 1.82) is 0 Å². The van der Waals surface area contributed by atoms with Gasteiger partial charge in [0.15, 0.2) is 0 Å². The number of hydrogen-bond acceptors (Lipinski definition) is 3. The van der Waals surface area contributed by atoms with E-state index in [2.05, 4.69) is 10.3 Å². The van der Waals surface area contributed by atoms with Crippen LogP contribution in [0.3, 0.4) is 0 Å². The van der Waals surface area contributed by atoms with Crippen LogP contribution in [-0.4, -0.2) is 25.7 Å². The van der Waals surface area contributed by atoms with E-state index in [0.29, 0.717) is 16.9 Å². The van der Waals surface area contributed by atoms with Crippen molar-refractivity contribution < 1.29 is 19.4 Å². The molecule has 7 heteroatoms. The molecule has 0 aliphatic carbocycles. The van der Waals surface area contributed by atoms with Crippen LogP contribution in [0.2, 0.25) is 0 Å². The Balaban J connectivity index is 1.71. The zero-order chi connectivity index (χ0) is 19.7. The lowest BCUT2D eigenvalue weighted by molar-refractivity contribution is 0.209. The summed E-state index contributed by atoms with van der Waals surface area (Å²) in [5.74, 6) is -0.443. The highest BCUT2D eigenvalue weighted by Crippen LogP contribution is 2.28. The minimum atomic E-state index is -1.12. The second-order valence-electron chi connectivity index (χ2n) is 6.24. The number of pyridine rings is 1. The topological polar surface area (TPSA) is 86.9 Å². The molecule has 2 heterocycles. The second-order valence-corrected chi connectivity index (χ2v) is 6.24. The number of aromatic nitrogens is 2. The fourth-order valence-corrected chi connectivity index (χ4v) is 3.13. The van der Waals surface area contributed by atoms with E-state index in [1.807, 2.05) is 28.9 Å². The molecule has 0 spiro atoms. The first-order valence-corrected chi connectivity index (χ1v) is 8.53. The fourth-order valence-electron chi connectivity index (χ4n) is 3.13. The number of halogens is 1. The van der Waals surface area contributed by atoms with E-state index in [9.17, 15) is 14.3 Å². The molecule has 2 aromatic carbocycles. The zero-order valence-electron chi connectivity index (χ0n) is 14.6. The molecule has 0 atom stereocenters. The van der Waals surface area contributed by atoms with Gasteiger partial charge in [0.2, 0.25) is 0 Å². The Hall–Kier alpha value is -3.71. The molecule has 0 aliphatic heterocycles. The number of rotatable bonds is 4. The molecule has 0 unspecified atom stereocenters. The summed E-state index contributed by atoms with van der Waals surface area (Å²) < 4.78 is 15.8. The van der Waals surface area contributed by atoms with Crippen LogP contribution in [0, 0.1) is 5.82 Å². The van der Waals surface area contributed by atoms with Crippen molar-refractivity contribution in [3.8, 4) is 22.4 Å². The molecule has 1 amide bonds. The SMILES string of the molecule is O=C(O)Nc1ccc(-c2cn3cc(-c4cccc(F)c4CO)ccc3n2)cc1. The zero-order valence-corrected chi connectivity index (χ0v) is 14.6. The van der Waals surface area contributed by atoms with Crippen molar-refractivity contribution in [2.75, 3.05) is 5.32 Å². The number of anilines is 1. The van der Waals surface area contributed by atoms with Gasteiger partial charge in [-0.15, -0.1) is 0 Å². The molecule has 4 aromatic rings. The van der Waals surface area contributed by atoms with Crippen LogP contribution in [0.5, 0.6) is 0 Å². The first-order chi connectivity index (χ1) is 13.5. The van der Waals surface area contributed by atoms with Crippen LogP contribution < -0.4 is 5.32 Å². The average Bonchev–Trinajstić information content (AvgIpc) is 3.11. The van der Waals surface area contributed by atoms with Crippen molar-refractivity contribution in [2.24, 2.45) is 0 Å². The Morgan fingerprint density at radius 1 is 1.04 bits per heavy atom. The molecular weight excluding hydrogens is 361 g/mol. The molecule has 0 aliphatic rings. The van der Waals surface area contributed by atoms with E-state index in [1.165, 1.54) is 6.07 Å². The number of fused-ring (bicyclic) bond motifs is 1. The minimum absolute atomic E-state index is 0.253. The summed E-state index contributed by atoms with van der Waals surface area (Å²) in [6.45, 7) is -0.383. The van der Waals surface area contributed by atoms with Crippen LogP contribution in [-0.2, 0) is 6.61 Å². The summed E-state index contributed by atoms with van der Waals surface area (Å²) in [4.78, 5) is 15.3. The van der Waals surface area contributed by atoms with Crippen LogP contribution in [0.25, 0.3) is 28.0 Å². The fraction of sp³-hybridized carbons (Fsp3) is 0.0476. The molecule has 0 saturated heterocycles. The Morgan fingerprint density at radius 2 is 1.79 bits per heavy atom. The van der Waals surface area contributed by atoms with E-state index in [1.54, 1.807) is 36.4 Å². The van der Waals surface area contributed by atoms with Gasteiger partial charge in [0, 0.05) is 29.2 Å². The second kappa shape index (κ2) is 7.13. The maximum absolute atomic E-state index is 14.0. The third kappa shape index (κ3) is 3.30. The number of amides is 1. The number of hydrogen-bond donors (Lipinski definition) is 3. The molecule has 3 N–H and O–H groups in total. The highest BCUT2D eigenvalue weighted by atomic mass is 19.1. The number of nitrogens with one attached hydrogen (secondary N) is 1. The first kappa shape index (κ1) is 17.7. The molecule has 6 nitrogen and oxygen atoms in total. The summed E-state index contributed by atoms with van der Waals surface area (Å²) in [6, 6.07) is 15.3. The number of aliphatic hydroxyl groups is 1. The number of carbonyl (C=O) groups is 1. The van der Waals surface area contributed by atoms with E-state index in [-0.39, 0.29) is 12.2 Å². The summed E-state index contributed by atoms with van der Waals surface area (Å²) in [5, 5.41) is 20.6. The lowest BCUT2D eigenvalue weighted by Crippen LogP contribution is -2.06. The lowest BCUT2D eigenvalue weighted by atomic mass is 10.0. The van der Waals surface area contributed by atoms with Gasteiger partial charge in [-0.25, -0.2) is 14.2 Å². The van der Waals surface area contributed by atoms with Crippen LogP contribution in [0.15, 0.2) is 67.0 Å². The van der Waals surface area contributed by atoms with Crippen molar-refractivity contribution in [3.05, 3.63) is 78.4 Å². The van der Waals surface area contributed by atoms with E-state index in [0.717, 1.165) is 16.8 Å². The summed E-state index contributed by atoms with van der Waals surface area (Å²) >= 11 is 0. The number of aliphatic hydroxyl groups excluding tert-OH is 1. The van der Waals surface area contributed by atoms with Crippen LogP contribution >= 0.6 is 0 Å². The molecule has 0 radical (unpaired) electrons. The molecule has 0 fully saturated rings. The normalized spacial score (nSPS) is 10.9. The van der Waals surface area contributed by atoms with Gasteiger partial charge in [-0.1, -0.05) is 24.3 Å². The predicted octanol–water partition coefficient (Wildman–Crippen LogP) is 4.39. The third-order valence-corrected chi connectivity index (χ3v) is 4.47. The smallest absolute Gasteiger partial charge is 0.409 e. The molecule has 0 saturated carbocycles. The number of carboxylic acid groups (broad SMARTS) is 1. The van der Waals surface area contributed by atoms with E-state index < -0.39 is 11.9 Å². The summed E-state index contributed by atoms with van der Waals surface area (Å²) in [6.07, 6.45) is 2.56. The van der Waals surface area contributed by atoms with E-state index >= 15 is 0 Å². The van der Waals surface area contributed by atoms with Gasteiger partial charge in [0.1, 0.15) is 11.5 Å². The van der Waals surface area contributed by atoms with Gasteiger partial charge in [0.05, 0.1) is 12.3 Å². The quantitative estimate of drug-likeness (QED) is 0.492. The average molecular weight is 377 g/mol. The van der Waals surface area contributed by atoms with Crippen molar-refractivity contribution in [2.45, 2.75) is 6.61 Å². The lowest BCUT2D eigenvalue weighted by Gasteiger charge is -2.09. The van der Waals surface area contributed by atoms with Crippen LogP contribution in [0.1, 0.15) is 5.56 Å². The molecular formula is C21H16FN3O3. The molecule has 0 bridgehead atoms. The summed E-state index contributed by atoms with van der Waals surface area (Å²) in [5.41, 5.74) is 4.40. The van der Waals surface area contributed by atoms with Gasteiger partial charge in [-0.3, -0.25) is 5.32 Å². The van der Waals surface area contributed by atoms with Gasteiger partial charge < -0.3 is 14.6 Å². The van der Waals surface area contributed by atoms with Crippen molar-refractivity contribution in [1.82, 2.24) is 9.38 Å². The standard InChI is InChI=1S/C21H16FN3O3/c22-18-3-1-2-16(17(18)12-26)14-6-9-20-24-19(11-25(20)10-14)13-4-7-15(8-5-13)23-21(27)28/h1-11,23,26H,12H2,(H,27,28). The number of nitrogens with zero attached hydrogens (tertiary/aromatic N) is 2. The highest BCUT2D eigenvalue weighted by molar-refractivity contribution is 5.83. The van der Waals surface area contributed by atoms with Crippen LogP contribution in [0.4, 0.5) is 14.9 Å². The van der Waals surface area contributed by atoms with Crippen molar-refractivity contribution >= 4 is 17.4 Å². The van der Waals surface area contributed by atoms with Gasteiger partial charge >= 0.3 is 6.09 Å². The van der Waals surface area contributed by atoms with Crippen molar-refractivity contribution in [3.63, 3.8) is 0 Å². The number of imidazole rings is 1. The minimum Gasteiger partial charge on any atom is -0.465 e. The molecule has 140 valence electrons. The first-order valence-electron chi connectivity index (χ1n) is 8.53. The molecule has 2 aromatic heterocycles. The Morgan fingerprint density at radius 3 is 2.50 bits per heavy atom. The van der Waals surface area contributed by atoms with Gasteiger partial charge in [-0.2, -0.15) is 0 Å². The molecule has 4 rings (SSSR count). The Bertz CT molecular complexity index is 1170. The predicted molar refractivity (Wildman–Crippen MR) is 104 cm³/mol. The van der Waals surface area contributed by atoms with Gasteiger partial charge in [0.25, 0.3) is 0 Å². The molecule has 28 heavy (non-hydrogen) atoms.